The van der Waals surface area contributed by atoms with Crippen LogP contribution in [0.1, 0.15) is 30.6 Å². The highest BCUT2D eigenvalue weighted by Gasteiger charge is 2.16. The van der Waals surface area contributed by atoms with Crippen molar-refractivity contribution in [1.29, 1.82) is 0 Å². The molecule has 0 fully saturated rings. The minimum atomic E-state index is -0.460. The minimum absolute atomic E-state index is 0.368. The first-order valence-electron chi connectivity index (χ1n) is 5.43. The largest absolute Gasteiger partial charge is 0.494 e. The Hall–Kier alpha value is -1.84. The number of primary amides is 1. The van der Waals surface area contributed by atoms with E-state index in [1.165, 1.54) is 0 Å². The van der Waals surface area contributed by atoms with Gasteiger partial charge in [0, 0.05) is 11.0 Å². The topological polar surface area (TPSA) is 69.4 Å². The van der Waals surface area contributed by atoms with Gasteiger partial charge in [0.1, 0.15) is 12.0 Å². The Balaban J connectivity index is 2.48. The van der Waals surface area contributed by atoms with Crippen molar-refractivity contribution >= 4 is 12.2 Å². The van der Waals surface area contributed by atoms with Crippen LogP contribution in [-0.4, -0.2) is 18.8 Å². The lowest BCUT2D eigenvalue weighted by Gasteiger charge is -2.16. The van der Waals surface area contributed by atoms with Crippen LogP contribution in [-0.2, 0) is 4.79 Å². The number of rotatable bonds is 6. The van der Waals surface area contributed by atoms with Crippen molar-refractivity contribution in [3.05, 3.63) is 29.8 Å². The van der Waals surface area contributed by atoms with Crippen LogP contribution >= 0.6 is 0 Å². The zero-order valence-corrected chi connectivity index (χ0v) is 10.1. The number of hydrogen-bond acceptors (Lipinski definition) is 3. The first-order chi connectivity index (χ1) is 7.94. The molecule has 0 aliphatic carbocycles. The summed E-state index contributed by atoms with van der Waals surface area (Å²) in [5, 5.41) is 0. The summed E-state index contributed by atoms with van der Waals surface area (Å²) in [6.45, 7) is 4.18. The van der Waals surface area contributed by atoms with Crippen molar-refractivity contribution in [2.45, 2.75) is 20.3 Å². The van der Waals surface area contributed by atoms with Gasteiger partial charge in [-0.25, -0.2) is 0 Å². The van der Waals surface area contributed by atoms with Crippen LogP contribution in [0.3, 0.4) is 0 Å². The van der Waals surface area contributed by atoms with Gasteiger partial charge in [0.2, 0.25) is 5.91 Å². The molecule has 1 aromatic rings. The Kier molecular flexibility index (Phi) is 4.26. The summed E-state index contributed by atoms with van der Waals surface area (Å²) < 4.78 is 5.47. The van der Waals surface area contributed by atoms with Crippen LogP contribution < -0.4 is 10.5 Å². The molecule has 4 nitrogen and oxygen atoms in total. The first kappa shape index (κ1) is 13.2. The molecule has 1 amide bonds. The molecule has 0 aliphatic rings. The molecule has 0 saturated carbocycles. The van der Waals surface area contributed by atoms with E-state index in [9.17, 15) is 9.59 Å². The summed E-state index contributed by atoms with van der Waals surface area (Å²) in [7, 11) is 0. The van der Waals surface area contributed by atoms with E-state index in [2.05, 4.69) is 0 Å². The molecule has 17 heavy (non-hydrogen) atoms. The van der Waals surface area contributed by atoms with E-state index in [1.54, 1.807) is 24.3 Å². The molecule has 92 valence electrons. The monoisotopic (exact) mass is 235 g/mol. The van der Waals surface area contributed by atoms with Crippen LogP contribution in [0.15, 0.2) is 24.3 Å². The molecule has 2 N–H and O–H groups in total. The summed E-state index contributed by atoms with van der Waals surface area (Å²) >= 11 is 0. The Morgan fingerprint density at radius 1 is 1.35 bits per heavy atom. The molecule has 1 rings (SSSR count). The molecular formula is C13H17NO3. The van der Waals surface area contributed by atoms with E-state index in [0.29, 0.717) is 24.3 Å². The van der Waals surface area contributed by atoms with Gasteiger partial charge in [0.25, 0.3) is 0 Å². The van der Waals surface area contributed by atoms with Gasteiger partial charge in [-0.2, -0.15) is 0 Å². The molecule has 0 heterocycles. The maximum atomic E-state index is 10.8. The Morgan fingerprint density at radius 3 is 2.41 bits per heavy atom. The van der Waals surface area contributed by atoms with Crippen molar-refractivity contribution in [2.24, 2.45) is 11.1 Å². The quantitative estimate of drug-likeness (QED) is 0.764. The maximum Gasteiger partial charge on any atom is 0.248 e. The second-order valence-electron chi connectivity index (χ2n) is 4.59. The molecule has 0 atom stereocenters. The predicted molar refractivity (Wildman–Crippen MR) is 64.9 cm³/mol. The van der Waals surface area contributed by atoms with Gasteiger partial charge in [-0.3, -0.25) is 4.79 Å². The summed E-state index contributed by atoms with van der Waals surface area (Å²) in [6, 6.07) is 6.60. The zero-order chi connectivity index (χ0) is 12.9. The molecule has 0 aliphatic heterocycles. The van der Waals surface area contributed by atoms with Crippen molar-refractivity contribution in [1.82, 2.24) is 0 Å². The van der Waals surface area contributed by atoms with Crippen molar-refractivity contribution in [3.63, 3.8) is 0 Å². The lowest BCUT2D eigenvalue weighted by atomic mass is 9.92. The van der Waals surface area contributed by atoms with E-state index >= 15 is 0 Å². The van der Waals surface area contributed by atoms with Gasteiger partial charge in [-0.05, 0) is 30.7 Å². The second kappa shape index (κ2) is 5.48. The van der Waals surface area contributed by atoms with Gasteiger partial charge in [-0.1, -0.05) is 13.8 Å². The van der Waals surface area contributed by atoms with E-state index < -0.39 is 5.91 Å². The van der Waals surface area contributed by atoms with Crippen molar-refractivity contribution in [3.8, 4) is 5.75 Å². The molecule has 0 unspecified atom stereocenters. The van der Waals surface area contributed by atoms with E-state index in [4.69, 9.17) is 10.5 Å². The number of hydrogen-bond donors (Lipinski definition) is 1. The lowest BCUT2D eigenvalue weighted by Crippen LogP contribution is -2.17. The number of aldehydes is 1. The minimum Gasteiger partial charge on any atom is -0.494 e. The fourth-order valence-electron chi connectivity index (χ4n) is 1.21. The SMILES string of the molecule is CC(C)(C=O)CCOc1ccc(C(N)=O)cc1. The van der Waals surface area contributed by atoms with Crippen molar-refractivity contribution < 1.29 is 14.3 Å². The van der Waals surface area contributed by atoms with Gasteiger partial charge < -0.3 is 15.3 Å². The number of amides is 1. The highest BCUT2D eigenvalue weighted by atomic mass is 16.5. The molecule has 4 heteroatoms. The average molecular weight is 235 g/mol. The Morgan fingerprint density at radius 2 is 1.94 bits per heavy atom. The molecule has 1 aromatic carbocycles. The third-order valence-electron chi connectivity index (χ3n) is 2.47. The maximum absolute atomic E-state index is 10.8. The number of nitrogens with two attached hydrogens (primary N) is 1. The smallest absolute Gasteiger partial charge is 0.248 e. The van der Waals surface area contributed by atoms with Gasteiger partial charge in [0.05, 0.1) is 6.61 Å². The number of carbonyl (C=O) groups excluding carboxylic acids is 2. The molecule has 0 radical (unpaired) electrons. The summed E-state index contributed by atoms with van der Waals surface area (Å²) in [5.41, 5.74) is 5.20. The van der Waals surface area contributed by atoms with Crippen LogP contribution in [0.2, 0.25) is 0 Å². The Bertz CT molecular complexity index is 396. The second-order valence-corrected chi connectivity index (χ2v) is 4.59. The fourth-order valence-corrected chi connectivity index (χ4v) is 1.21. The van der Waals surface area contributed by atoms with Crippen molar-refractivity contribution in [2.75, 3.05) is 6.61 Å². The Labute approximate surface area is 101 Å². The molecular weight excluding hydrogens is 218 g/mol. The molecule has 0 bridgehead atoms. The van der Waals surface area contributed by atoms with E-state index in [1.807, 2.05) is 13.8 Å². The third kappa shape index (κ3) is 4.26. The standard InChI is InChI=1S/C13H17NO3/c1-13(2,9-15)7-8-17-11-5-3-10(4-6-11)12(14)16/h3-6,9H,7-8H2,1-2H3,(H2,14,16). The first-order valence-corrected chi connectivity index (χ1v) is 5.43. The summed E-state index contributed by atoms with van der Waals surface area (Å²) in [4.78, 5) is 21.5. The highest BCUT2D eigenvalue weighted by molar-refractivity contribution is 5.92. The van der Waals surface area contributed by atoms with Gasteiger partial charge >= 0.3 is 0 Å². The fraction of sp³-hybridized carbons (Fsp3) is 0.385. The van der Waals surface area contributed by atoms with Crippen LogP contribution in [0.25, 0.3) is 0 Å². The van der Waals surface area contributed by atoms with Crippen LogP contribution in [0.5, 0.6) is 5.75 Å². The van der Waals surface area contributed by atoms with Gasteiger partial charge in [-0.15, -0.1) is 0 Å². The van der Waals surface area contributed by atoms with Gasteiger partial charge in [0.15, 0.2) is 0 Å². The van der Waals surface area contributed by atoms with Crippen LogP contribution in [0, 0.1) is 5.41 Å². The lowest BCUT2D eigenvalue weighted by molar-refractivity contribution is -0.115. The summed E-state index contributed by atoms with van der Waals surface area (Å²) in [6.07, 6.45) is 1.57. The number of benzene rings is 1. The number of ether oxygens (including phenoxy) is 1. The van der Waals surface area contributed by atoms with Crippen LogP contribution in [0.4, 0.5) is 0 Å². The summed E-state index contributed by atoms with van der Waals surface area (Å²) in [5.74, 6) is 0.204. The molecule has 0 saturated heterocycles. The normalized spacial score (nSPS) is 10.9. The average Bonchev–Trinajstić information content (AvgIpc) is 2.29. The molecule has 0 spiro atoms. The highest BCUT2D eigenvalue weighted by Crippen LogP contribution is 2.18. The zero-order valence-electron chi connectivity index (χ0n) is 10.1. The van der Waals surface area contributed by atoms with E-state index in [-0.39, 0.29) is 5.41 Å². The number of carbonyl (C=O) groups is 2. The molecule has 0 aromatic heterocycles. The van der Waals surface area contributed by atoms with E-state index in [0.717, 1.165) is 6.29 Å². The third-order valence-corrected chi connectivity index (χ3v) is 2.47. The predicted octanol–water partition coefficient (Wildman–Crippen LogP) is 1.78.